The molecule has 4 aromatic carbocycles. The fraction of sp³-hybridized carbons (Fsp3) is 0.244. The van der Waals surface area contributed by atoms with E-state index in [0.29, 0.717) is 52.0 Å². The molecule has 0 bridgehead atoms. The van der Waals surface area contributed by atoms with Gasteiger partial charge in [-0.15, -0.1) is 0 Å². The van der Waals surface area contributed by atoms with Gasteiger partial charge < -0.3 is 39.4 Å². The Morgan fingerprint density at radius 1 is 0.714 bits per heavy atom. The number of benzene rings is 4. The summed E-state index contributed by atoms with van der Waals surface area (Å²) in [5.41, 5.74) is 2.27. The number of nitrogens with one attached hydrogen (secondary N) is 1. The van der Waals surface area contributed by atoms with Crippen molar-refractivity contribution >= 4 is 81.0 Å². The molecule has 3 heterocycles. The van der Waals surface area contributed by atoms with Crippen LogP contribution in [-0.2, 0) is 19.2 Å². The lowest BCUT2D eigenvalue weighted by Gasteiger charge is -2.26. The summed E-state index contributed by atoms with van der Waals surface area (Å²) in [5.74, 6) is -1.32. The van der Waals surface area contributed by atoms with Gasteiger partial charge in [0, 0.05) is 19.6 Å². The molecule has 4 amide bonds. The fourth-order valence-corrected chi connectivity index (χ4v) is 9.04. The zero-order valence-corrected chi connectivity index (χ0v) is 36.4. The lowest BCUT2D eigenvalue weighted by molar-refractivity contribution is -0.140. The van der Waals surface area contributed by atoms with Gasteiger partial charge in [-0.3, -0.25) is 29.0 Å². The van der Waals surface area contributed by atoms with Crippen molar-refractivity contribution in [1.82, 2.24) is 20.0 Å². The van der Waals surface area contributed by atoms with Crippen LogP contribution in [0.5, 0.6) is 34.5 Å². The smallest absolute Gasteiger partial charge is 0.267 e. The normalized spacial score (nSPS) is 18.9. The number of methoxy groups -OCH3 is 4. The van der Waals surface area contributed by atoms with Crippen LogP contribution in [0.15, 0.2) is 105 Å². The molecule has 7 rings (SSSR count). The van der Waals surface area contributed by atoms with E-state index in [1.807, 2.05) is 48.5 Å². The van der Waals surface area contributed by atoms with Crippen molar-refractivity contribution < 1.29 is 48.3 Å². The maximum absolute atomic E-state index is 14.1. The van der Waals surface area contributed by atoms with Gasteiger partial charge in [0.25, 0.3) is 11.8 Å². The first-order valence-corrected chi connectivity index (χ1v) is 21.3. The Morgan fingerprint density at radius 2 is 1.16 bits per heavy atom. The van der Waals surface area contributed by atoms with Crippen LogP contribution in [0.3, 0.4) is 0 Å². The number of rotatable bonds is 14. The van der Waals surface area contributed by atoms with Crippen LogP contribution in [-0.4, -0.2) is 120 Å². The minimum atomic E-state index is -0.805. The first-order chi connectivity index (χ1) is 30.5. The van der Waals surface area contributed by atoms with Crippen LogP contribution in [0.1, 0.15) is 24.0 Å². The molecular weight excluding hydrogens is 849 g/mol. The molecule has 3 saturated heterocycles. The number of likely N-dealkylation sites (tertiary alicyclic amines) is 1. The molecule has 3 aliphatic heterocycles. The Bertz CT molecular complexity index is 2480. The molecular formula is C45H44N6O10S2. The van der Waals surface area contributed by atoms with Crippen LogP contribution >= 0.6 is 23.5 Å². The van der Waals surface area contributed by atoms with E-state index in [4.69, 9.17) is 28.9 Å². The largest absolute Gasteiger partial charge is 0.502 e. The molecule has 1 atom stereocenters. The first kappa shape index (κ1) is 44.1. The van der Waals surface area contributed by atoms with Crippen molar-refractivity contribution in [2.45, 2.75) is 18.9 Å². The molecule has 16 nitrogen and oxygen atoms in total. The molecule has 3 fully saturated rings. The molecule has 3 aliphatic rings. The van der Waals surface area contributed by atoms with Crippen LogP contribution in [0.4, 0.5) is 11.4 Å². The second kappa shape index (κ2) is 19.9. The lowest BCUT2D eigenvalue weighted by atomic mass is 10.1. The Kier molecular flexibility index (Phi) is 13.9. The zero-order chi connectivity index (χ0) is 44.6. The third-order valence-electron chi connectivity index (χ3n) is 10.1. The monoisotopic (exact) mass is 892 g/mol. The molecule has 0 spiro atoms. The van der Waals surface area contributed by atoms with E-state index in [0.717, 1.165) is 23.5 Å². The highest BCUT2D eigenvalue weighted by molar-refractivity contribution is 8.19. The SMILES string of the molecule is COc1cc(/C=C2\SC(=Nc3ccccc3)N(CCNC(=O)C3CCCN3C(=O)CN3C(=O)/C(=C/c4cc(OC)c(O)c(OC)c4)SC3=Nc3ccccc3)C2=O)cc(OC)c1O. The predicted octanol–water partition coefficient (Wildman–Crippen LogP) is 6.15. The van der Waals surface area contributed by atoms with Crippen LogP contribution in [0, 0.1) is 0 Å². The third-order valence-corrected chi connectivity index (χ3v) is 12.2. The summed E-state index contributed by atoms with van der Waals surface area (Å²) >= 11 is 2.26. The van der Waals surface area contributed by atoms with Gasteiger partial charge in [-0.05, 0) is 108 Å². The molecule has 4 aromatic rings. The summed E-state index contributed by atoms with van der Waals surface area (Å²) in [6, 6.07) is 23.7. The van der Waals surface area contributed by atoms with Crippen molar-refractivity contribution in [3.8, 4) is 34.5 Å². The number of para-hydroxylation sites is 2. The van der Waals surface area contributed by atoms with Crippen molar-refractivity contribution in [2.75, 3.05) is 54.6 Å². The summed E-state index contributed by atoms with van der Waals surface area (Å²) in [6.07, 6.45) is 4.24. The summed E-state index contributed by atoms with van der Waals surface area (Å²) in [7, 11) is 5.64. The Labute approximate surface area is 371 Å². The molecule has 0 radical (unpaired) electrons. The Hall–Kier alpha value is -6.92. The Morgan fingerprint density at radius 3 is 1.62 bits per heavy atom. The Balaban J connectivity index is 1.06. The average molecular weight is 893 g/mol. The van der Waals surface area contributed by atoms with Gasteiger partial charge in [-0.2, -0.15) is 0 Å². The van der Waals surface area contributed by atoms with Gasteiger partial charge >= 0.3 is 0 Å². The number of carbonyl (C=O) groups excluding carboxylic acids is 4. The maximum Gasteiger partial charge on any atom is 0.267 e. The second-order valence-corrected chi connectivity index (χ2v) is 16.1. The summed E-state index contributed by atoms with van der Waals surface area (Å²) in [4.78, 5) is 70.1. The highest BCUT2D eigenvalue weighted by Gasteiger charge is 2.40. The number of aromatic hydroxyl groups is 2. The number of phenolic OH excluding ortho intramolecular Hbond substituents is 2. The number of phenols is 2. The highest BCUT2D eigenvalue weighted by atomic mass is 32.2. The van der Waals surface area contributed by atoms with Gasteiger partial charge in [0.1, 0.15) is 12.6 Å². The number of hydrogen-bond acceptors (Lipinski definition) is 14. The first-order valence-electron chi connectivity index (χ1n) is 19.7. The van der Waals surface area contributed by atoms with E-state index in [2.05, 4.69) is 5.32 Å². The number of amidine groups is 2. The molecule has 1 unspecified atom stereocenters. The average Bonchev–Trinajstić information content (AvgIpc) is 3.98. The number of hydrogen-bond donors (Lipinski definition) is 3. The summed E-state index contributed by atoms with van der Waals surface area (Å²) in [6.45, 7) is 0.0780. The van der Waals surface area contributed by atoms with E-state index >= 15 is 0 Å². The van der Waals surface area contributed by atoms with Gasteiger partial charge in [0.05, 0.1) is 49.6 Å². The number of nitrogens with zero attached hydrogens (tertiary/aromatic N) is 5. The number of aliphatic imine (C=N–C) groups is 2. The molecule has 3 N–H and O–H groups in total. The predicted molar refractivity (Wildman–Crippen MR) is 242 cm³/mol. The highest BCUT2D eigenvalue weighted by Crippen LogP contribution is 2.42. The number of carbonyl (C=O) groups is 4. The number of amides is 4. The topological polar surface area (TPSA) is 192 Å². The molecule has 0 aromatic heterocycles. The van der Waals surface area contributed by atoms with Crippen LogP contribution < -0.4 is 24.3 Å². The van der Waals surface area contributed by atoms with E-state index in [-0.39, 0.29) is 70.1 Å². The van der Waals surface area contributed by atoms with Crippen molar-refractivity contribution in [1.29, 1.82) is 0 Å². The number of thioether (sulfide) groups is 2. The van der Waals surface area contributed by atoms with Crippen molar-refractivity contribution in [3.05, 3.63) is 106 Å². The van der Waals surface area contributed by atoms with E-state index < -0.39 is 23.8 Å². The second-order valence-electron chi connectivity index (χ2n) is 14.1. The molecule has 0 aliphatic carbocycles. The minimum Gasteiger partial charge on any atom is -0.502 e. The van der Waals surface area contributed by atoms with Gasteiger partial charge in [0.15, 0.2) is 33.3 Å². The quantitative estimate of drug-likeness (QED) is 0.123. The van der Waals surface area contributed by atoms with E-state index in [1.54, 1.807) is 48.6 Å². The molecule has 18 heteroatoms. The van der Waals surface area contributed by atoms with Crippen LogP contribution in [0.2, 0.25) is 0 Å². The van der Waals surface area contributed by atoms with Gasteiger partial charge in [-0.25, -0.2) is 9.98 Å². The number of ether oxygens (including phenoxy) is 4. The molecule has 63 heavy (non-hydrogen) atoms. The third kappa shape index (κ3) is 9.92. The summed E-state index contributed by atoms with van der Waals surface area (Å²) < 4.78 is 21.2. The zero-order valence-electron chi connectivity index (χ0n) is 34.8. The lowest BCUT2D eigenvalue weighted by Crippen LogP contribution is -2.50. The van der Waals surface area contributed by atoms with Crippen molar-refractivity contribution in [3.63, 3.8) is 0 Å². The van der Waals surface area contributed by atoms with Crippen molar-refractivity contribution in [2.24, 2.45) is 9.98 Å². The van der Waals surface area contributed by atoms with E-state index in [1.165, 1.54) is 43.1 Å². The summed E-state index contributed by atoms with van der Waals surface area (Å²) in [5, 5.41) is 24.4. The van der Waals surface area contributed by atoms with E-state index in [9.17, 15) is 29.4 Å². The standard InChI is InChI=1S/C45H44N6O10S2/c1-58-32-20-27(21-33(59-2)39(32)53)24-36-42(56)50(44(62-36)47-29-12-7-5-8-13-29)19-17-46-41(55)31-16-11-18-49(31)38(52)26-51-43(57)37(63-45(51)48-30-14-9-6-10-15-30)25-28-22-34(60-3)40(54)35(23-28)61-4/h5-10,12-15,20-25,31,53-54H,11,16-19,26H2,1-4H3,(H,46,55)/b36-24-,37-25-,47-44?,48-45?. The molecule has 0 saturated carbocycles. The molecule has 326 valence electrons. The van der Waals surface area contributed by atoms with Gasteiger partial charge in [-0.1, -0.05) is 36.4 Å². The fourth-order valence-electron chi connectivity index (χ4n) is 7.01. The van der Waals surface area contributed by atoms with Crippen LogP contribution in [0.25, 0.3) is 12.2 Å². The minimum absolute atomic E-state index is 0.0573. The van der Waals surface area contributed by atoms with Gasteiger partial charge in [0.2, 0.25) is 23.3 Å². The maximum atomic E-state index is 14.1.